The van der Waals surface area contributed by atoms with Crippen molar-refractivity contribution >= 4 is 29.2 Å². The molecule has 0 spiro atoms. The Morgan fingerprint density at radius 2 is 1.81 bits per heavy atom. The van der Waals surface area contributed by atoms with Gasteiger partial charge >= 0.3 is 5.97 Å². The quantitative estimate of drug-likeness (QED) is 0.771. The van der Waals surface area contributed by atoms with Crippen molar-refractivity contribution in [3.8, 4) is 5.75 Å². The Morgan fingerprint density at radius 1 is 1.15 bits per heavy atom. The lowest BCUT2D eigenvalue weighted by Crippen LogP contribution is -2.34. The largest absolute Gasteiger partial charge is 0.497 e. The second-order valence-electron chi connectivity index (χ2n) is 5.93. The van der Waals surface area contributed by atoms with E-state index in [1.165, 1.54) is 0 Å². The Labute approximate surface area is 150 Å². The van der Waals surface area contributed by atoms with Gasteiger partial charge < -0.3 is 15.2 Å². The first-order valence-corrected chi connectivity index (χ1v) is 8.06. The highest BCUT2D eigenvalue weighted by Gasteiger charge is 2.39. The average Bonchev–Trinajstić information content (AvgIpc) is 2.90. The maximum atomic E-state index is 12.6. The minimum Gasteiger partial charge on any atom is -0.497 e. The number of nitrogens with zero attached hydrogens (tertiary/aromatic N) is 1. The summed E-state index contributed by atoms with van der Waals surface area (Å²) in [4.78, 5) is 36.8. The molecule has 0 unspecified atom stereocenters. The van der Waals surface area contributed by atoms with Gasteiger partial charge in [-0.3, -0.25) is 14.4 Å². The Hall–Kier alpha value is -3.35. The van der Waals surface area contributed by atoms with E-state index in [4.69, 9.17) is 9.84 Å². The van der Waals surface area contributed by atoms with Crippen molar-refractivity contribution < 1.29 is 24.2 Å². The van der Waals surface area contributed by atoms with Gasteiger partial charge in [0.05, 0.1) is 25.6 Å². The Morgan fingerprint density at radius 3 is 2.38 bits per heavy atom. The third-order valence-corrected chi connectivity index (χ3v) is 4.13. The van der Waals surface area contributed by atoms with Crippen LogP contribution in [0.2, 0.25) is 0 Å². The molecule has 1 aliphatic heterocycles. The Kier molecular flexibility index (Phi) is 4.88. The lowest BCUT2D eigenvalue weighted by Gasteiger charge is -2.16. The van der Waals surface area contributed by atoms with E-state index in [0.717, 1.165) is 4.90 Å². The molecule has 0 aromatic heterocycles. The molecule has 1 atom stereocenters. The standard InChI is InChI=1S/C19H18N2O5/c1-26-15-8-6-14(7-9-15)21-17(22)11-16(19(21)25)20-13-4-2-12(3-5-13)10-18(23)24/h2-9,16,20H,10-11H2,1H3,(H,23,24)/t16-/m0/s1. The molecular weight excluding hydrogens is 336 g/mol. The van der Waals surface area contributed by atoms with Crippen LogP contribution < -0.4 is 15.0 Å². The number of anilines is 2. The van der Waals surface area contributed by atoms with E-state index in [9.17, 15) is 14.4 Å². The van der Waals surface area contributed by atoms with Gasteiger partial charge in [-0.2, -0.15) is 0 Å². The first kappa shape index (κ1) is 17.5. The monoisotopic (exact) mass is 354 g/mol. The summed E-state index contributed by atoms with van der Waals surface area (Å²) in [6.45, 7) is 0. The Balaban J connectivity index is 1.71. The molecule has 1 aliphatic rings. The molecule has 0 bridgehead atoms. The number of benzene rings is 2. The number of aliphatic carboxylic acids is 1. The van der Waals surface area contributed by atoms with E-state index in [2.05, 4.69) is 5.32 Å². The van der Waals surface area contributed by atoms with E-state index >= 15 is 0 Å². The van der Waals surface area contributed by atoms with Crippen molar-refractivity contribution in [1.29, 1.82) is 0 Å². The molecule has 0 saturated carbocycles. The predicted molar refractivity (Wildman–Crippen MR) is 95.3 cm³/mol. The molecule has 134 valence electrons. The van der Waals surface area contributed by atoms with Gasteiger partial charge in [0.25, 0.3) is 5.91 Å². The number of hydrogen-bond acceptors (Lipinski definition) is 5. The number of methoxy groups -OCH3 is 1. The van der Waals surface area contributed by atoms with E-state index in [-0.39, 0.29) is 24.7 Å². The van der Waals surface area contributed by atoms with Gasteiger partial charge in [0, 0.05) is 5.69 Å². The van der Waals surface area contributed by atoms with Crippen LogP contribution >= 0.6 is 0 Å². The first-order chi connectivity index (χ1) is 12.5. The Bertz CT molecular complexity index is 830. The minimum atomic E-state index is -0.905. The number of imide groups is 1. The molecule has 1 saturated heterocycles. The van der Waals surface area contributed by atoms with E-state index in [1.807, 2.05) is 0 Å². The van der Waals surface area contributed by atoms with Crippen LogP contribution in [0, 0.1) is 0 Å². The van der Waals surface area contributed by atoms with Crippen molar-refractivity contribution in [3.05, 3.63) is 54.1 Å². The molecule has 7 nitrogen and oxygen atoms in total. The summed E-state index contributed by atoms with van der Waals surface area (Å²) in [5.74, 6) is -0.865. The summed E-state index contributed by atoms with van der Waals surface area (Å²) in [6.07, 6.45) is -0.00584. The topological polar surface area (TPSA) is 95.9 Å². The van der Waals surface area contributed by atoms with Crippen LogP contribution in [0.4, 0.5) is 11.4 Å². The van der Waals surface area contributed by atoms with E-state index in [0.29, 0.717) is 22.7 Å². The summed E-state index contributed by atoms with van der Waals surface area (Å²) in [7, 11) is 1.54. The fourth-order valence-corrected chi connectivity index (χ4v) is 2.84. The van der Waals surface area contributed by atoms with Gasteiger partial charge in [-0.05, 0) is 42.0 Å². The smallest absolute Gasteiger partial charge is 0.307 e. The van der Waals surface area contributed by atoms with Gasteiger partial charge in [-0.15, -0.1) is 0 Å². The fraction of sp³-hybridized carbons (Fsp3) is 0.211. The summed E-state index contributed by atoms with van der Waals surface area (Å²) < 4.78 is 5.08. The number of carbonyl (C=O) groups excluding carboxylic acids is 2. The molecule has 0 aliphatic carbocycles. The molecule has 7 heteroatoms. The summed E-state index contributed by atoms with van der Waals surface area (Å²) in [5.41, 5.74) is 1.82. The lowest BCUT2D eigenvalue weighted by molar-refractivity contribution is -0.136. The molecule has 2 aromatic carbocycles. The van der Waals surface area contributed by atoms with Crippen LogP contribution in [0.25, 0.3) is 0 Å². The third-order valence-electron chi connectivity index (χ3n) is 4.13. The third kappa shape index (κ3) is 3.66. The predicted octanol–water partition coefficient (Wildman–Crippen LogP) is 2.07. The maximum Gasteiger partial charge on any atom is 0.307 e. The SMILES string of the molecule is COc1ccc(N2C(=O)C[C@H](Nc3ccc(CC(=O)O)cc3)C2=O)cc1. The number of carboxylic acid groups (broad SMARTS) is 1. The normalized spacial score (nSPS) is 16.7. The van der Waals surface area contributed by atoms with Gasteiger partial charge in [-0.1, -0.05) is 12.1 Å². The van der Waals surface area contributed by atoms with Crippen molar-refractivity contribution in [2.45, 2.75) is 18.9 Å². The average molecular weight is 354 g/mol. The van der Waals surface area contributed by atoms with E-state index in [1.54, 1.807) is 55.6 Å². The maximum absolute atomic E-state index is 12.6. The zero-order chi connectivity index (χ0) is 18.7. The van der Waals surface area contributed by atoms with Gasteiger partial charge in [0.1, 0.15) is 11.8 Å². The molecule has 1 fully saturated rings. The number of nitrogens with one attached hydrogen (secondary N) is 1. The number of carbonyl (C=O) groups is 3. The van der Waals surface area contributed by atoms with Crippen LogP contribution in [0.15, 0.2) is 48.5 Å². The minimum absolute atomic E-state index is 0.0573. The molecule has 26 heavy (non-hydrogen) atoms. The summed E-state index contributed by atoms with van der Waals surface area (Å²) in [5, 5.41) is 11.8. The number of rotatable bonds is 6. The van der Waals surface area contributed by atoms with Crippen LogP contribution in [-0.4, -0.2) is 36.0 Å². The van der Waals surface area contributed by atoms with Crippen molar-refractivity contribution in [2.24, 2.45) is 0 Å². The molecule has 1 heterocycles. The zero-order valence-corrected chi connectivity index (χ0v) is 14.1. The second kappa shape index (κ2) is 7.26. The highest BCUT2D eigenvalue weighted by molar-refractivity contribution is 6.23. The molecule has 2 N–H and O–H groups in total. The van der Waals surface area contributed by atoms with Gasteiger partial charge in [0.15, 0.2) is 0 Å². The van der Waals surface area contributed by atoms with Crippen LogP contribution in [0.5, 0.6) is 5.75 Å². The molecule has 2 aromatic rings. The lowest BCUT2D eigenvalue weighted by atomic mass is 10.1. The van der Waals surface area contributed by atoms with Crippen LogP contribution in [0.1, 0.15) is 12.0 Å². The number of ether oxygens (including phenoxy) is 1. The molecule has 0 radical (unpaired) electrons. The van der Waals surface area contributed by atoms with Gasteiger partial charge in [-0.25, -0.2) is 4.90 Å². The van der Waals surface area contributed by atoms with Gasteiger partial charge in [0.2, 0.25) is 5.91 Å². The molecular formula is C19H18N2O5. The first-order valence-electron chi connectivity index (χ1n) is 8.06. The number of amides is 2. The summed E-state index contributed by atoms with van der Waals surface area (Å²) in [6, 6.07) is 12.8. The van der Waals surface area contributed by atoms with Crippen LogP contribution in [-0.2, 0) is 20.8 Å². The van der Waals surface area contributed by atoms with Crippen molar-refractivity contribution in [3.63, 3.8) is 0 Å². The summed E-state index contributed by atoms with van der Waals surface area (Å²) >= 11 is 0. The van der Waals surface area contributed by atoms with Crippen molar-refractivity contribution in [2.75, 3.05) is 17.3 Å². The molecule has 2 amide bonds. The van der Waals surface area contributed by atoms with Crippen molar-refractivity contribution in [1.82, 2.24) is 0 Å². The van der Waals surface area contributed by atoms with Crippen LogP contribution in [0.3, 0.4) is 0 Å². The zero-order valence-electron chi connectivity index (χ0n) is 14.1. The highest BCUT2D eigenvalue weighted by atomic mass is 16.5. The fourth-order valence-electron chi connectivity index (χ4n) is 2.84. The second-order valence-corrected chi connectivity index (χ2v) is 5.93. The highest BCUT2D eigenvalue weighted by Crippen LogP contribution is 2.26. The molecule has 3 rings (SSSR count). The number of hydrogen-bond donors (Lipinski definition) is 2. The van der Waals surface area contributed by atoms with E-state index < -0.39 is 12.0 Å². The number of carboxylic acids is 1.